The Morgan fingerprint density at radius 2 is 1.70 bits per heavy atom. The molecule has 33 heavy (non-hydrogen) atoms. The third-order valence-corrected chi connectivity index (χ3v) is 6.48. The molecule has 3 aromatic rings. The number of phenolic OH excluding ortho intramolecular Hbond substituents is 1. The summed E-state index contributed by atoms with van der Waals surface area (Å²) >= 11 is 1.35. The minimum absolute atomic E-state index is 0.0556. The summed E-state index contributed by atoms with van der Waals surface area (Å²) in [5, 5.41) is 15.9. The Morgan fingerprint density at radius 3 is 2.24 bits per heavy atom. The predicted molar refractivity (Wildman–Crippen MR) is 130 cm³/mol. The Balaban J connectivity index is 1.71. The third kappa shape index (κ3) is 5.79. The molecule has 178 valence electrons. The van der Waals surface area contributed by atoms with Gasteiger partial charge in [-0.2, -0.15) is 9.61 Å². The van der Waals surface area contributed by atoms with Crippen molar-refractivity contribution in [1.29, 1.82) is 0 Å². The summed E-state index contributed by atoms with van der Waals surface area (Å²) in [5.41, 5.74) is 2.39. The van der Waals surface area contributed by atoms with Gasteiger partial charge in [-0.25, -0.2) is 4.98 Å². The lowest BCUT2D eigenvalue weighted by Gasteiger charge is -2.28. The maximum absolute atomic E-state index is 12.4. The molecule has 0 bridgehead atoms. The highest BCUT2D eigenvalue weighted by molar-refractivity contribution is 7.16. The van der Waals surface area contributed by atoms with Crippen molar-refractivity contribution in [2.75, 3.05) is 0 Å². The van der Waals surface area contributed by atoms with Crippen LogP contribution in [0.3, 0.4) is 0 Å². The molecule has 0 saturated carbocycles. The van der Waals surface area contributed by atoms with Crippen LogP contribution in [0.5, 0.6) is 5.75 Å². The van der Waals surface area contributed by atoms with Crippen molar-refractivity contribution in [1.82, 2.24) is 14.6 Å². The Hall–Kier alpha value is -2.74. The van der Waals surface area contributed by atoms with Crippen LogP contribution in [0.15, 0.2) is 23.0 Å². The number of fused-ring (bicyclic) bond motifs is 1. The van der Waals surface area contributed by atoms with Gasteiger partial charge in [-0.1, -0.05) is 71.9 Å². The van der Waals surface area contributed by atoms with E-state index in [0.717, 1.165) is 28.1 Å². The first-order valence-corrected chi connectivity index (χ1v) is 12.0. The summed E-state index contributed by atoms with van der Waals surface area (Å²) in [6.45, 7) is 14.3. The number of benzene rings is 1. The molecule has 8 heteroatoms. The highest BCUT2D eigenvalue weighted by Gasteiger charge is 2.26. The molecule has 0 unspecified atom stereocenters. The number of phenols is 1. The Bertz CT molecular complexity index is 1190. The van der Waals surface area contributed by atoms with Gasteiger partial charge in [0.2, 0.25) is 4.96 Å². The number of aryl methyl sites for hydroxylation is 2. The van der Waals surface area contributed by atoms with Crippen LogP contribution in [-0.2, 0) is 39.8 Å². The van der Waals surface area contributed by atoms with Crippen LogP contribution in [0.2, 0.25) is 0 Å². The fourth-order valence-electron chi connectivity index (χ4n) is 3.57. The maximum atomic E-state index is 12.4. The lowest BCUT2D eigenvalue weighted by atomic mass is 9.78. The predicted octanol–water partition coefficient (Wildman–Crippen LogP) is 4.69. The highest BCUT2D eigenvalue weighted by atomic mass is 32.1. The van der Waals surface area contributed by atoms with Crippen LogP contribution in [-0.4, -0.2) is 25.7 Å². The zero-order valence-corrected chi connectivity index (χ0v) is 21.3. The highest BCUT2D eigenvalue weighted by Crippen LogP contribution is 2.40. The summed E-state index contributed by atoms with van der Waals surface area (Å²) in [4.78, 5) is 29.6. The second kappa shape index (κ2) is 9.25. The zero-order chi connectivity index (χ0) is 24.6. The average Bonchev–Trinajstić information content (AvgIpc) is 3.13. The molecule has 0 aliphatic carbocycles. The third-order valence-electron chi connectivity index (χ3n) is 5.43. The first kappa shape index (κ1) is 24.9. The number of aromatic nitrogens is 3. The van der Waals surface area contributed by atoms with Crippen LogP contribution in [0.4, 0.5) is 0 Å². The molecule has 0 saturated heterocycles. The molecule has 1 aromatic carbocycles. The van der Waals surface area contributed by atoms with E-state index in [1.54, 1.807) is 0 Å². The van der Waals surface area contributed by atoms with Gasteiger partial charge in [0.25, 0.3) is 5.56 Å². The molecule has 0 atom stereocenters. The SMILES string of the molecule is CCc1nn2c(=O)cc(COC(=O)CCc3cc(C(C)(C)C)c(O)c(C(C)(C)C)c3)nc2s1. The summed E-state index contributed by atoms with van der Waals surface area (Å²) in [6.07, 6.45) is 1.41. The molecule has 0 spiro atoms. The lowest BCUT2D eigenvalue weighted by Crippen LogP contribution is -2.18. The molecular weight excluding hydrogens is 438 g/mol. The summed E-state index contributed by atoms with van der Waals surface area (Å²) in [5.74, 6) is -0.0402. The van der Waals surface area contributed by atoms with E-state index in [4.69, 9.17) is 4.74 Å². The molecule has 3 rings (SSSR count). The molecule has 0 fully saturated rings. The van der Waals surface area contributed by atoms with Crippen molar-refractivity contribution < 1.29 is 14.6 Å². The fraction of sp³-hybridized carbons (Fsp3) is 0.520. The Morgan fingerprint density at radius 1 is 1.09 bits per heavy atom. The smallest absolute Gasteiger partial charge is 0.306 e. The van der Waals surface area contributed by atoms with E-state index in [9.17, 15) is 14.7 Å². The number of rotatable bonds is 6. The van der Waals surface area contributed by atoms with E-state index in [2.05, 4.69) is 51.6 Å². The quantitative estimate of drug-likeness (QED) is 0.524. The molecule has 2 aromatic heterocycles. The second-order valence-corrected chi connectivity index (χ2v) is 11.4. The zero-order valence-electron chi connectivity index (χ0n) is 20.5. The van der Waals surface area contributed by atoms with E-state index in [-0.39, 0.29) is 35.4 Å². The summed E-state index contributed by atoms with van der Waals surface area (Å²) < 4.78 is 6.67. The van der Waals surface area contributed by atoms with Crippen molar-refractivity contribution in [2.45, 2.75) is 85.2 Å². The van der Waals surface area contributed by atoms with Crippen molar-refractivity contribution in [2.24, 2.45) is 0 Å². The van der Waals surface area contributed by atoms with Crippen LogP contribution >= 0.6 is 11.3 Å². The summed E-state index contributed by atoms with van der Waals surface area (Å²) in [7, 11) is 0. The molecule has 2 heterocycles. The van der Waals surface area contributed by atoms with Gasteiger partial charge in [0.15, 0.2) is 0 Å². The Labute approximate surface area is 198 Å². The largest absolute Gasteiger partial charge is 0.507 e. The van der Waals surface area contributed by atoms with Gasteiger partial charge in [-0.05, 0) is 40.4 Å². The number of esters is 1. The minimum Gasteiger partial charge on any atom is -0.507 e. The molecule has 0 aliphatic heterocycles. The molecule has 0 amide bonds. The van der Waals surface area contributed by atoms with Gasteiger partial charge >= 0.3 is 5.97 Å². The van der Waals surface area contributed by atoms with Gasteiger partial charge in [0, 0.05) is 12.5 Å². The molecule has 0 radical (unpaired) electrons. The second-order valence-electron chi connectivity index (χ2n) is 10.3. The van der Waals surface area contributed by atoms with E-state index in [1.165, 1.54) is 21.9 Å². The normalized spacial score (nSPS) is 12.3. The number of aromatic hydroxyl groups is 1. The fourth-order valence-corrected chi connectivity index (χ4v) is 4.43. The van der Waals surface area contributed by atoms with E-state index >= 15 is 0 Å². The standard InChI is InChI=1S/C25H33N3O4S/c1-8-19-27-28-20(29)13-16(26-23(28)33-19)14-32-21(30)10-9-15-11-17(24(2,3)4)22(31)18(12-15)25(5,6)7/h11-13,31H,8-10,14H2,1-7H3. The van der Waals surface area contributed by atoms with E-state index in [1.807, 2.05) is 19.1 Å². The van der Waals surface area contributed by atoms with Crippen molar-refractivity contribution >= 4 is 22.3 Å². The average molecular weight is 472 g/mol. The van der Waals surface area contributed by atoms with Gasteiger partial charge in [0.05, 0.1) is 5.69 Å². The van der Waals surface area contributed by atoms with Gasteiger partial charge < -0.3 is 9.84 Å². The first-order chi connectivity index (χ1) is 15.3. The van der Waals surface area contributed by atoms with Crippen molar-refractivity contribution in [3.05, 3.63) is 55.9 Å². The lowest BCUT2D eigenvalue weighted by molar-refractivity contribution is -0.145. The Kier molecular flexibility index (Phi) is 6.98. The number of carbonyl (C=O) groups is 1. The topological polar surface area (TPSA) is 93.8 Å². The van der Waals surface area contributed by atoms with Crippen LogP contribution in [0, 0.1) is 0 Å². The van der Waals surface area contributed by atoms with Crippen molar-refractivity contribution in [3.8, 4) is 5.75 Å². The molecule has 7 nitrogen and oxygen atoms in total. The van der Waals surface area contributed by atoms with Crippen LogP contribution in [0.25, 0.3) is 4.96 Å². The molecular formula is C25H33N3O4S. The minimum atomic E-state index is -0.363. The number of ether oxygens (including phenoxy) is 1. The maximum Gasteiger partial charge on any atom is 0.306 e. The number of hydrogen-bond acceptors (Lipinski definition) is 7. The number of nitrogens with zero attached hydrogens (tertiary/aromatic N) is 3. The van der Waals surface area contributed by atoms with Crippen LogP contribution in [0.1, 0.15) is 82.3 Å². The van der Waals surface area contributed by atoms with Gasteiger partial charge in [-0.3, -0.25) is 9.59 Å². The van der Waals surface area contributed by atoms with Gasteiger partial charge in [0.1, 0.15) is 17.4 Å². The molecule has 1 N–H and O–H groups in total. The van der Waals surface area contributed by atoms with E-state index in [0.29, 0.717) is 22.8 Å². The van der Waals surface area contributed by atoms with Gasteiger partial charge in [-0.15, -0.1) is 0 Å². The summed E-state index contributed by atoms with van der Waals surface area (Å²) in [6, 6.07) is 5.30. The van der Waals surface area contributed by atoms with Crippen molar-refractivity contribution in [3.63, 3.8) is 0 Å². The monoisotopic (exact) mass is 471 g/mol. The molecule has 0 aliphatic rings. The van der Waals surface area contributed by atoms with E-state index < -0.39 is 0 Å². The first-order valence-electron chi connectivity index (χ1n) is 11.2. The number of carbonyl (C=O) groups excluding carboxylic acids is 1. The van der Waals surface area contributed by atoms with Crippen LogP contribution < -0.4 is 5.56 Å². The number of hydrogen-bond donors (Lipinski definition) is 1.